The number of nitrogens with one attached hydrogen (secondary N) is 1. The first-order valence-corrected chi connectivity index (χ1v) is 8.04. The van der Waals surface area contributed by atoms with Crippen molar-refractivity contribution in [2.24, 2.45) is 0 Å². The summed E-state index contributed by atoms with van der Waals surface area (Å²) in [4.78, 5) is 0.150. The molecule has 19 heavy (non-hydrogen) atoms. The number of benzene rings is 1. The molecule has 0 amide bonds. The van der Waals surface area contributed by atoms with E-state index in [-0.39, 0.29) is 4.90 Å². The van der Waals surface area contributed by atoms with Crippen molar-refractivity contribution in [1.29, 1.82) is 0 Å². The summed E-state index contributed by atoms with van der Waals surface area (Å²) in [5.41, 5.74) is 0. The van der Waals surface area contributed by atoms with Crippen molar-refractivity contribution in [2.75, 3.05) is 7.11 Å². The molecule has 1 rings (SSSR count). The van der Waals surface area contributed by atoms with Gasteiger partial charge >= 0.3 is 0 Å². The molecule has 0 aromatic heterocycles. The second-order valence-electron chi connectivity index (χ2n) is 3.93. The predicted molar refractivity (Wildman–Crippen MR) is 78.5 cm³/mol. The van der Waals surface area contributed by atoms with Gasteiger partial charge in [-0.15, -0.1) is 6.42 Å². The van der Waals surface area contributed by atoms with E-state index >= 15 is 0 Å². The quantitative estimate of drug-likeness (QED) is 0.806. The summed E-state index contributed by atoms with van der Waals surface area (Å²) >= 11 is 3.26. The summed E-state index contributed by atoms with van der Waals surface area (Å²) in [6.45, 7) is 1.95. The van der Waals surface area contributed by atoms with Gasteiger partial charge < -0.3 is 4.74 Å². The molecule has 0 saturated heterocycles. The van der Waals surface area contributed by atoms with E-state index < -0.39 is 16.1 Å². The van der Waals surface area contributed by atoms with Crippen LogP contribution < -0.4 is 9.46 Å². The molecule has 0 aliphatic carbocycles. The first-order chi connectivity index (χ1) is 8.94. The second-order valence-corrected chi connectivity index (χ2v) is 6.49. The van der Waals surface area contributed by atoms with E-state index in [4.69, 9.17) is 11.2 Å². The van der Waals surface area contributed by atoms with Crippen molar-refractivity contribution in [3.63, 3.8) is 0 Å². The first-order valence-electron chi connectivity index (χ1n) is 5.76. The fourth-order valence-corrected chi connectivity index (χ4v) is 3.44. The Bertz CT molecular complexity index is 578. The zero-order chi connectivity index (χ0) is 14.5. The molecule has 0 radical (unpaired) electrons. The summed E-state index contributed by atoms with van der Waals surface area (Å²) in [5, 5.41) is 0. The van der Waals surface area contributed by atoms with Crippen LogP contribution >= 0.6 is 15.9 Å². The topological polar surface area (TPSA) is 55.4 Å². The lowest BCUT2D eigenvalue weighted by Crippen LogP contribution is -2.33. The highest BCUT2D eigenvalue weighted by Gasteiger charge is 2.19. The lowest BCUT2D eigenvalue weighted by Gasteiger charge is -2.13. The van der Waals surface area contributed by atoms with Crippen LogP contribution in [0.5, 0.6) is 5.75 Å². The molecule has 1 atom stereocenters. The number of sulfonamides is 1. The van der Waals surface area contributed by atoms with Crippen LogP contribution in [0.4, 0.5) is 0 Å². The molecular weight excluding hydrogens is 330 g/mol. The minimum atomic E-state index is -3.62. The highest BCUT2D eigenvalue weighted by molar-refractivity contribution is 9.10. The molecule has 0 spiro atoms. The van der Waals surface area contributed by atoms with Gasteiger partial charge in [-0.05, 0) is 40.5 Å². The van der Waals surface area contributed by atoms with E-state index in [1.807, 2.05) is 6.92 Å². The number of ether oxygens (including phenoxy) is 1. The Morgan fingerprint density at radius 3 is 2.68 bits per heavy atom. The summed E-state index contributed by atoms with van der Waals surface area (Å²) in [7, 11) is -2.10. The van der Waals surface area contributed by atoms with Gasteiger partial charge in [0.25, 0.3) is 0 Å². The number of methoxy groups -OCH3 is 1. The molecule has 6 heteroatoms. The number of halogens is 1. The normalized spacial score (nSPS) is 12.7. The van der Waals surface area contributed by atoms with Crippen LogP contribution in [0.3, 0.4) is 0 Å². The smallest absolute Gasteiger partial charge is 0.241 e. The number of hydrogen-bond donors (Lipinski definition) is 1. The van der Waals surface area contributed by atoms with Crippen LogP contribution in [0.25, 0.3) is 0 Å². The van der Waals surface area contributed by atoms with Gasteiger partial charge in [-0.3, -0.25) is 0 Å². The molecule has 1 aromatic carbocycles. The average molecular weight is 346 g/mol. The zero-order valence-electron chi connectivity index (χ0n) is 10.8. The maximum absolute atomic E-state index is 12.2. The van der Waals surface area contributed by atoms with Crippen molar-refractivity contribution >= 4 is 26.0 Å². The van der Waals surface area contributed by atoms with Crippen LogP contribution in [0, 0.1) is 12.3 Å². The zero-order valence-corrected chi connectivity index (χ0v) is 13.2. The van der Waals surface area contributed by atoms with Crippen molar-refractivity contribution in [1.82, 2.24) is 4.72 Å². The molecule has 1 unspecified atom stereocenters. The molecular formula is C13H16BrNO3S. The summed E-state index contributed by atoms with van der Waals surface area (Å²) in [6, 6.07) is 4.06. The Morgan fingerprint density at radius 1 is 1.53 bits per heavy atom. The Hall–Kier alpha value is -1.03. The van der Waals surface area contributed by atoms with E-state index in [1.54, 1.807) is 6.07 Å². The van der Waals surface area contributed by atoms with Gasteiger partial charge in [-0.25, -0.2) is 8.42 Å². The largest absolute Gasteiger partial charge is 0.496 e. The molecule has 4 nitrogen and oxygen atoms in total. The van der Waals surface area contributed by atoms with E-state index in [9.17, 15) is 8.42 Å². The van der Waals surface area contributed by atoms with E-state index in [0.29, 0.717) is 16.6 Å². The molecule has 0 saturated carbocycles. The van der Waals surface area contributed by atoms with Crippen molar-refractivity contribution < 1.29 is 13.2 Å². The van der Waals surface area contributed by atoms with Crippen LogP contribution in [0.2, 0.25) is 0 Å². The van der Waals surface area contributed by atoms with Gasteiger partial charge in [-0.1, -0.05) is 19.3 Å². The lowest BCUT2D eigenvalue weighted by atomic mass is 10.2. The second kappa shape index (κ2) is 6.94. The molecule has 0 aliphatic rings. The highest BCUT2D eigenvalue weighted by Crippen LogP contribution is 2.27. The SMILES string of the molecule is C#CC(CCC)NS(=O)(=O)c1ccc(OC)c(Br)c1. The van der Waals surface area contributed by atoms with E-state index in [1.165, 1.54) is 19.2 Å². The van der Waals surface area contributed by atoms with Crippen molar-refractivity contribution in [3.05, 3.63) is 22.7 Å². The lowest BCUT2D eigenvalue weighted by molar-refractivity contribution is 0.411. The number of rotatable bonds is 6. The molecule has 0 bridgehead atoms. The fraction of sp³-hybridized carbons (Fsp3) is 0.385. The van der Waals surface area contributed by atoms with Crippen LogP contribution in [-0.2, 0) is 10.0 Å². The predicted octanol–water partition coefficient (Wildman–Crippen LogP) is 2.54. The first kappa shape index (κ1) is 16.0. The standard InChI is InChI=1S/C13H16BrNO3S/c1-4-6-10(5-2)15-19(16,17)11-7-8-13(18-3)12(14)9-11/h2,7-10,15H,4,6H2,1,3H3. The minimum absolute atomic E-state index is 0.150. The van der Waals surface area contributed by atoms with Gasteiger partial charge in [0.2, 0.25) is 10.0 Å². The van der Waals surface area contributed by atoms with Gasteiger partial charge in [0.15, 0.2) is 0 Å². The molecule has 0 heterocycles. The minimum Gasteiger partial charge on any atom is -0.496 e. The molecule has 1 aromatic rings. The van der Waals surface area contributed by atoms with Crippen molar-refractivity contribution in [2.45, 2.75) is 30.7 Å². The van der Waals surface area contributed by atoms with Crippen molar-refractivity contribution in [3.8, 4) is 18.1 Å². The van der Waals surface area contributed by atoms with Crippen LogP contribution in [0.1, 0.15) is 19.8 Å². The number of hydrogen-bond acceptors (Lipinski definition) is 3. The van der Waals surface area contributed by atoms with E-state index in [0.717, 1.165) is 6.42 Å². The third-order valence-electron chi connectivity index (χ3n) is 2.51. The third-order valence-corrected chi connectivity index (χ3v) is 4.60. The van der Waals surface area contributed by atoms with Gasteiger partial charge in [0.05, 0.1) is 22.5 Å². The number of terminal acetylenes is 1. The summed E-state index contributed by atoms with van der Waals surface area (Å²) in [6.07, 6.45) is 6.73. The Labute approximate surface area is 122 Å². The molecule has 104 valence electrons. The summed E-state index contributed by atoms with van der Waals surface area (Å²) < 4.78 is 32.5. The van der Waals surface area contributed by atoms with E-state index in [2.05, 4.69) is 26.6 Å². The maximum Gasteiger partial charge on any atom is 0.241 e. The van der Waals surface area contributed by atoms with Crippen LogP contribution in [-0.4, -0.2) is 21.6 Å². The Morgan fingerprint density at radius 2 is 2.21 bits per heavy atom. The van der Waals surface area contributed by atoms with Gasteiger partial charge in [0.1, 0.15) is 5.75 Å². The molecule has 0 aliphatic heterocycles. The van der Waals surface area contributed by atoms with Gasteiger partial charge in [-0.2, -0.15) is 4.72 Å². The molecule has 1 N–H and O–H groups in total. The Balaban J connectivity index is 3.01. The van der Waals surface area contributed by atoms with Crippen LogP contribution in [0.15, 0.2) is 27.6 Å². The summed E-state index contributed by atoms with van der Waals surface area (Å²) in [5.74, 6) is 3.01. The third kappa shape index (κ3) is 4.23. The fourth-order valence-electron chi connectivity index (χ4n) is 1.53. The van der Waals surface area contributed by atoms with Gasteiger partial charge in [0, 0.05) is 0 Å². The monoisotopic (exact) mass is 345 g/mol. The molecule has 0 fully saturated rings. The Kier molecular flexibility index (Phi) is 5.85. The maximum atomic E-state index is 12.2. The average Bonchev–Trinajstić information content (AvgIpc) is 2.37. The highest BCUT2D eigenvalue weighted by atomic mass is 79.9.